The first-order valence-corrected chi connectivity index (χ1v) is 9.70. The van der Waals surface area contributed by atoms with Crippen molar-refractivity contribution in [1.82, 2.24) is 4.90 Å². The van der Waals surface area contributed by atoms with E-state index < -0.39 is 0 Å². The maximum absolute atomic E-state index is 10.4. The van der Waals surface area contributed by atoms with Gasteiger partial charge in [0.1, 0.15) is 0 Å². The number of nitrogens with zero attached hydrogens (tertiary/aromatic N) is 1. The quantitative estimate of drug-likeness (QED) is 0.743. The molecule has 1 fully saturated rings. The molecule has 22 heavy (non-hydrogen) atoms. The van der Waals surface area contributed by atoms with E-state index in [1.807, 2.05) is 11.8 Å². The van der Waals surface area contributed by atoms with Crippen molar-refractivity contribution in [1.29, 1.82) is 0 Å². The Bertz CT molecular complexity index is 424. The number of likely N-dealkylation sites (tertiary alicyclic amines) is 1. The molecule has 2 nitrogen and oxygen atoms in total. The molecule has 0 bridgehead atoms. The molecule has 1 heterocycles. The third-order valence-electron chi connectivity index (χ3n) is 4.40. The Labute approximate surface area is 140 Å². The Morgan fingerprint density at radius 1 is 1.18 bits per heavy atom. The minimum absolute atomic E-state index is 0.335. The number of rotatable bonds is 7. The zero-order valence-electron chi connectivity index (χ0n) is 14.3. The second kappa shape index (κ2) is 8.95. The summed E-state index contributed by atoms with van der Waals surface area (Å²) in [7, 11) is 0. The van der Waals surface area contributed by atoms with Crippen molar-refractivity contribution in [2.75, 3.05) is 25.4 Å². The molecule has 0 aliphatic carbocycles. The second-order valence-electron chi connectivity index (χ2n) is 6.93. The Kier molecular flexibility index (Phi) is 7.26. The van der Waals surface area contributed by atoms with Crippen LogP contribution in [0.3, 0.4) is 0 Å². The predicted molar refractivity (Wildman–Crippen MR) is 96.4 cm³/mol. The normalized spacial score (nSPS) is 24.4. The highest BCUT2D eigenvalue weighted by Gasteiger charge is 2.22. The maximum atomic E-state index is 10.4. The number of hydrogen-bond acceptors (Lipinski definition) is 3. The fourth-order valence-corrected chi connectivity index (χ4v) is 4.22. The molecular formula is C19H31NOS. The molecule has 1 aromatic carbocycles. The van der Waals surface area contributed by atoms with E-state index in [1.54, 1.807) is 0 Å². The van der Waals surface area contributed by atoms with Gasteiger partial charge in [0.15, 0.2) is 0 Å². The van der Waals surface area contributed by atoms with Gasteiger partial charge in [-0.05, 0) is 54.5 Å². The molecule has 0 aromatic heterocycles. The summed E-state index contributed by atoms with van der Waals surface area (Å²) in [4.78, 5) is 3.82. The van der Waals surface area contributed by atoms with Crippen molar-refractivity contribution in [2.45, 2.75) is 51.0 Å². The van der Waals surface area contributed by atoms with Crippen LogP contribution in [0.25, 0.3) is 0 Å². The van der Waals surface area contributed by atoms with Crippen molar-refractivity contribution < 1.29 is 5.11 Å². The fraction of sp³-hybridized carbons (Fsp3) is 0.684. The van der Waals surface area contributed by atoms with Gasteiger partial charge in [-0.25, -0.2) is 0 Å². The van der Waals surface area contributed by atoms with Crippen LogP contribution in [0, 0.1) is 11.8 Å². The van der Waals surface area contributed by atoms with Gasteiger partial charge in [-0.1, -0.05) is 32.9 Å². The van der Waals surface area contributed by atoms with E-state index >= 15 is 0 Å². The Balaban J connectivity index is 1.80. The summed E-state index contributed by atoms with van der Waals surface area (Å²) in [6, 6.07) is 8.46. The first-order valence-electron chi connectivity index (χ1n) is 8.71. The lowest BCUT2D eigenvalue weighted by Crippen LogP contribution is -2.39. The molecule has 2 rings (SSSR count). The standard InChI is InChI=1S/C19H31NOS/c1-4-11-22-18-7-5-17(6-8-18)19(21)9-10-20-13-15(2)12-16(3)14-20/h5-8,15-16,19,21H,4,9-14H2,1-3H3. The molecule has 0 saturated carbocycles. The van der Waals surface area contributed by atoms with Crippen LogP contribution >= 0.6 is 11.8 Å². The molecule has 3 heteroatoms. The van der Waals surface area contributed by atoms with Crippen LogP contribution < -0.4 is 0 Å². The third kappa shape index (κ3) is 5.60. The summed E-state index contributed by atoms with van der Waals surface area (Å²) >= 11 is 1.89. The molecule has 124 valence electrons. The number of aliphatic hydroxyl groups is 1. The Morgan fingerprint density at radius 2 is 1.82 bits per heavy atom. The lowest BCUT2D eigenvalue weighted by atomic mass is 9.91. The van der Waals surface area contributed by atoms with Gasteiger partial charge >= 0.3 is 0 Å². The minimum atomic E-state index is -0.335. The van der Waals surface area contributed by atoms with Gasteiger partial charge in [0.25, 0.3) is 0 Å². The van der Waals surface area contributed by atoms with Crippen LogP contribution in [-0.2, 0) is 0 Å². The molecule has 0 radical (unpaired) electrons. The van der Waals surface area contributed by atoms with E-state index in [0.717, 1.165) is 36.1 Å². The lowest BCUT2D eigenvalue weighted by molar-refractivity contribution is 0.103. The van der Waals surface area contributed by atoms with Crippen molar-refractivity contribution in [3.63, 3.8) is 0 Å². The molecule has 0 amide bonds. The van der Waals surface area contributed by atoms with Crippen molar-refractivity contribution in [2.24, 2.45) is 11.8 Å². The number of benzene rings is 1. The summed E-state index contributed by atoms with van der Waals surface area (Å²) in [5, 5.41) is 10.4. The molecule has 3 atom stereocenters. The number of thioether (sulfide) groups is 1. The van der Waals surface area contributed by atoms with E-state index in [0.29, 0.717) is 0 Å². The predicted octanol–water partition coefficient (Wildman–Crippen LogP) is 4.59. The fourth-order valence-electron chi connectivity index (χ4n) is 3.45. The van der Waals surface area contributed by atoms with Crippen LogP contribution in [-0.4, -0.2) is 35.4 Å². The molecule has 1 N–H and O–H groups in total. The Hall–Kier alpha value is -0.510. The van der Waals surface area contributed by atoms with E-state index in [2.05, 4.69) is 49.9 Å². The molecule has 0 spiro atoms. The number of aliphatic hydroxyl groups excluding tert-OH is 1. The second-order valence-corrected chi connectivity index (χ2v) is 8.10. The smallest absolute Gasteiger partial charge is 0.0802 e. The first kappa shape index (κ1) is 17.8. The summed E-state index contributed by atoms with van der Waals surface area (Å²) in [6.07, 6.45) is 3.04. The molecule has 3 unspecified atom stereocenters. The molecule has 1 aromatic rings. The van der Waals surface area contributed by atoms with Crippen molar-refractivity contribution >= 4 is 11.8 Å². The van der Waals surface area contributed by atoms with E-state index in [9.17, 15) is 5.11 Å². The highest BCUT2D eigenvalue weighted by atomic mass is 32.2. The van der Waals surface area contributed by atoms with Gasteiger partial charge in [-0.15, -0.1) is 11.8 Å². The van der Waals surface area contributed by atoms with Crippen LogP contribution in [0.5, 0.6) is 0 Å². The van der Waals surface area contributed by atoms with E-state index in [1.165, 1.54) is 30.8 Å². The van der Waals surface area contributed by atoms with Gasteiger partial charge in [0, 0.05) is 24.5 Å². The van der Waals surface area contributed by atoms with Crippen LogP contribution in [0.1, 0.15) is 51.7 Å². The average Bonchev–Trinajstić information content (AvgIpc) is 2.50. The van der Waals surface area contributed by atoms with Gasteiger partial charge in [-0.2, -0.15) is 0 Å². The van der Waals surface area contributed by atoms with Gasteiger partial charge < -0.3 is 10.0 Å². The first-order chi connectivity index (χ1) is 10.6. The highest BCUT2D eigenvalue weighted by molar-refractivity contribution is 7.99. The summed E-state index contributed by atoms with van der Waals surface area (Å²) in [6.45, 7) is 10.3. The largest absolute Gasteiger partial charge is 0.388 e. The monoisotopic (exact) mass is 321 g/mol. The SMILES string of the molecule is CCCSc1ccc(C(O)CCN2CC(C)CC(C)C2)cc1. The zero-order valence-corrected chi connectivity index (χ0v) is 15.1. The third-order valence-corrected chi connectivity index (χ3v) is 5.62. The van der Waals surface area contributed by atoms with Gasteiger partial charge in [0.2, 0.25) is 0 Å². The minimum Gasteiger partial charge on any atom is -0.388 e. The molecule has 1 aliphatic rings. The Morgan fingerprint density at radius 3 is 2.41 bits per heavy atom. The molecule has 1 saturated heterocycles. The van der Waals surface area contributed by atoms with Crippen LogP contribution in [0.2, 0.25) is 0 Å². The summed E-state index contributed by atoms with van der Waals surface area (Å²) in [5.74, 6) is 2.74. The lowest BCUT2D eigenvalue weighted by Gasteiger charge is -2.35. The summed E-state index contributed by atoms with van der Waals surface area (Å²) in [5.41, 5.74) is 1.05. The van der Waals surface area contributed by atoms with Crippen molar-refractivity contribution in [3.8, 4) is 0 Å². The highest BCUT2D eigenvalue weighted by Crippen LogP contribution is 2.25. The maximum Gasteiger partial charge on any atom is 0.0802 e. The molecule has 1 aliphatic heterocycles. The zero-order chi connectivity index (χ0) is 15.9. The topological polar surface area (TPSA) is 23.5 Å². The van der Waals surface area contributed by atoms with Crippen molar-refractivity contribution in [3.05, 3.63) is 29.8 Å². The number of piperidine rings is 1. The van der Waals surface area contributed by atoms with Gasteiger partial charge in [0.05, 0.1) is 6.10 Å². The average molecular weight is 322 g/mol. The summed E-state index contributed by atoms with van der Waals surface area (Å²) < 4.78 is 0. The molecular weight excluding hydrogens is 290 g/mol. The van der Waals surface area contributed by atoms with Crippen LogP contribution in [0.15, 0.2) is 29.2 Å². The van der Waals surface area contributed by atoms with E-state index in [-0.39, 0.29) is 6.10 Å². The van der Waals surface area contributed by atoms with Crippen LogP contribution in [0.4, 0.5) is 0 Å². The van der Waals surface area contributed by atoms with Gasteiger partial charge in [-0.3, -0.25) is 0 Å². The number of hydrogen-bond donors (Lipinski definition) is 1. The van der Waals surface area contributed by atoms with E-state index in [4.69, 9.17) is 0 Å².